The third-order valence-electron chi connectivity index (χ3n) is 4.45. The molecule has 1 atom stereocenters. The number of ether oxygens (including phenoxy) is 1. The van der Waals surface area contributed by atoms with Gasteiger partial charge in [0.1, 0.15) is 5.25 Å². The first kappa shape index (κ1) is 16.3. The summed E-state index contributed by atoms with van der Waals surface area (Å²) in [6.07, 6.45) is 0.990. The Bertz CT molecular complexity index is 593. The normalized spacial score (nSPS) is 21.6. The standard InChI is InChI=1S/C17H22N2O3S/c1-22-17(21)15-11-19(8-9-23-15)16(20)12-18-7-6-13-4-2-3-5-14(13)10-18/h2-5,15H,6-12H2,1H3/t15-/m1/s1. The molecule has 1 aromatic rings. The van der Waals surface area contributed by atoms with Gasteiger partial charge >= 0.3 is 5.97 Å². The van der Waals surface area contributed by atoms with Crippen LogP contribution in [0.15, 0.2) is 24.3 Å². The molecule has 3 rings (SSSR count). The Hall–Kier alpha value is -1.53. The molecule has 0 unspecified atom stereocenters. The molecular formula is C17H22N2O3S. The third kappa shape index (κ3) is 3.87. The molecule has 1 saturated heterocycles. The lowest BCUT2D eigenvalue weighted by atomic mass is 10.00. The van der Waals surface area contributed by atoms with Crippen LogP contribution in [0, 0.1) is 0 Å². The number of rotatable bonds is 3. The number of methoxy groups -OCH3 is 1. The van der Waals surface area contributed by atoms with Crippen molar-refractivity contribution in [1.82, 2.24) is 9.80 Å². The van der Waals surface area contributed by atoms with Crippen LogP contribution in [0.3, 0.4) is 0 Å². The molecule has 0 spiro atoms. The van der Waals surface area contributed by atoms with E-state index in [-0.39, 0.29) is 17.1 Å². The van der Waals surface area contributed by atoms with Crippen molar-refractivity contribution < 1.29 is 14.3 Å². The zero-order valence-corrected chi connectivity index (χ0v) is 14.2. The summed E-state index contributed by atoms with van der Waals surface area (Å²) in [5, 5.41) is -0.250. The molecule has 23 heavy (non-hydrogen) atoms. The van der Waals surface area contributed by atoms with E-state index in [1.165, 1.54) is 18.2 Å². The number of fused-ring (bicyclic) bond motifs is 1. The number of esters is 1. The summed E-state index contributed by atoms with van der Waals surface area (Å²) < 4.78 is 4.80. The first-order chi connectivity index (χ1) is 11.2. The Morgan fingerprint density at radius 2 is 2.04 bits per heavy atom. The smallest absolute Gasteiger partial charge is 0.320 e. The topological polar surface area (TPSA) is 49.9 Å². The summed E-state index contributed by atoms with van der Waals surface area (Å²) in [6.45, 7) is 3.33. The first-order valence-electron chi connectivity index (χ1n) is 7.93. The molecule has 2 aliphatic heterocycles. The van der Waals surface area contributed by atoms with Crippen molar-refractivity contribution in [2.45, 2.75) is 18.2 Å². The molecule has 0 radical (unpaired) electrons. The SMILES string of the molecule is COC(=O)[C@H]1CN(C(=O)CN2CCc3ccccc3C2)CCS1. The van der Waals surface area contributed by atoms with Gasteiger partial charge in [0, 0.05) is 31.9 Å². The number of benzene rings is 1. The number of amides is 1. The van der Waals surface area contributed by atoms with E-state index in [0.29, 0.717) is 19.6 Å². The first-order valence-corrected chi connectivity index (χ1v) is 8.98. The van der Waals surface area contributed by atoms with Gasteiger partial charge in [-0.05, 0) is 17.5 Å². The van der Waals surface area contributed by atoms with E-state index < -0.39 is 0 Å². The number of carbonyl (C=O) groups is 2. The molecule has 0 bridgehead atoms. The molecule has 0 saturated carbocycles. The van der Waals surface area contributed by atoms with Crippen LogP contribution in [-0.2, 0) is 27.3 Å². The van der Waals surface area contributed by atoms with Crippen molar-refractivity contribution in [2.24, 2.45) is 0 Å². The molecule has 6 heteroatoms. The summed E-state index contributed by atoms with van der Waals surface area (Å²) in [5.41, 5.74) is 2.70. The Morgan fingerprint density at radius 1 is 1.26 bits per heavy atom. The van der Waals surface area contributed by atoms with Crippen molar-refractivity contribution >= 4 is 23.6 Å². The second-order valence-corrected chi connectivity index (χ2v) is 7.26. The van der Waals surface area contributed by atoms with E-state index in [0.717, 1.165) is 25.3 Å². The molecule has 1 aromatic carbocycles. The lowest BCUT2D eigenvalue weighted by Crippen LogP contribution is -2.49. The molecule has 124 valence electrons. The highest BCUT2D eigenvalue weighted by Gasteiger charge is 2.30. The maximum Gasteiger partial charge on any atom is 0.320 e. The highest BCUT2D eigenvalue weighted by Crippen LogP contribution is 2.21. The van der Waals surface area contributed by atoms with Gasteiger partial charge in [0.2, 0.25) is 5.91 Å². The quantitative estimate of drug-likeness (QED) is 0.777. The second kappa shape index (κ2) is 7.36. The maximum absolute atomic E-state index is 12.6. The van der Waals surface area contributed by atoms with E-state index in [1.54, 1.807) is 16.7 Å². The molecule has 2 aliphatic rings. The lowest BCUT2D eigenvalue weighted by molar-refractivity contribution is -0.141. The average molecular weight is 334 g/mol. The Labute approximate surface area is 141 Å². The predicted octanol–water partition coefficient (Wildman–Crippen LogP) is 1.16. The van der Waals surface area contributed by atoms with E-state index in [4.69, 9.17) is 4.74 Å². The van der Waals surface area contributed by atoms with Crippen molar-refractivity contribution in [3.05, 3.63) is 35.4 Å². The number of carbonyl (C=O) groups excluding carboxylic acids is 2. The number of hydrogen-bond donors (Lipinski definition) is 0. The minimum atomic E-state index is -0.250. The summed E-state index contributed by atoms with van der Waals surface area (Å²) in [6, 6.07) is 8.42. The molecular weight excluding hydrogens is 312 g/mol. The van der Waals surface area contributed by atoms with Gasteiger partial charge in [-0.2, -0.15) is 0 Å². The average Bonchev–Trinajstić information content (AvgIpc) is 2.61. The summed E-state index contributed by atoms with van der Waals surface area (Å²) in [5.74, 6) is 0.659. The summed E-state index contributed by atoms with van der Waals surface area (Å²) >= 11 is 1.57. The molecule has 0 aromatic heterocycles. The Balaban J connectivity index is 1.56. The highest BCUT2D eigenvalue weighted by atomic mass is 32.2. The third-order valence-corrected chi connectivity index (χ3v) is 5.61. The Kier molecular flexibility index (Phi) is 5.23. The van der Waals surface area contributed by atoms with Crippen molar-refractivity contribution in [2.75, 3.05) is 39.0 Å². The molecule has 1 fully saturated rings. The lowest BCUT2D eigenvalue weighted by Gasteiger charge is -2.34. The van der Waals surface area contributed by atoms with Gasteiger partial charge in [-0.25, -0.2) is 0 Å². The number of nitrogens with zero attached hydrogens (tertiary/aromatic N) is 2. The van der Waals surface area contributed by atoms with Gasteiger partial charge in [-0.15, -0.1) is 11.8 Å². The molecule has 0 N–H and O–H groups in total. The molecule has 0 aliphatic carbocycles. The largest absolute Gasteiger partial charge is 0.468 e. The zero-order chi connectivity index (χ0) is 16.2. The van der Waals surface area contributed by atoms with Gasteiger partial charge < -0.3 is 9.64 Å². The van der Waals surface area contributed by atoms with Gasteiger partial charge in [-0.3, -0.25) is 14.5 Å². The van der Waals surface area contributed by atoms with E-state index in [9.17, 15) is 9.59 Å². The van der Waals surface area contributed by atoms with Crippen LogP contribution in [0.2, 0.25) is 0 Å². The van der Waals surface area contributed by atoms with Crippen LogP contribution in [0.25, 0.3) is 0 Å². The van der Waals surface area contributed by atoms with Crippen LogP contribution < -0.4 is 0 Å². The van der Waals surface area contributed by atoms with Crippen LogP contribution in [-0.4, -0.2) is 66.0 Å². The monoisotopic (exact) mass is 334 g/mol. The van der Waals surface area contributed by atoms with Crippen LogP contribution in [0.5, 0.6) is 0 Å². The fraction of sp³-hybridized carbons (Fsp3) is 0.529. The number of thioether (sulfide) groups is 1. The maximum atomic E-state index is 12.6. The Morgan fingerprint density at radius 3 is 2.83 bits per heavy atom. The second-order valence-electron chi connectivity index (χ2n) is 5.95. The van der Waals surface area contributed by atoms with Gasteiger partial charge in [0.25, 0.3) is 0 Å². The molecule has 5 nitrogen and oxygen atoms in total. The van der Waals surface area contributed by atoms with Crippen molar-refractivity contribution in [1.29, 1.82) is 0 Å². The van der Waals surface area contributed by atoms with Crippen LogP contribution in [0.4, 0.5) is 0 Å². The fourth-order valence-electron chi connectivity index (χ4n) is 3.13. The van der Waals surface area contributed by atoms with Crippen molar-refractivity contribution in [3.63, 3.8) is 0 Å². The van der Waals surface area contributed by atoms with Crippen molar-refractivity contribution in [3.8, 4) is 0 Å². The predicted molar refractivity (Wildman–Crippen MR) is 90.3 cm³/mol. The minimum Gasteiger partial charge on any atom is -0.468 e. The highest BCUT2D eigenvalue weighted by molar-refractivity contribution is 8.00. The molecule has 2 heterocycles. The van der Waals surface area contributed by atoms with E-state index in [1.807, 2.05) is 6.07 Å². The summed E-state index contributed by atoms with van der Waals surface area (Å²) in [4.78, 5) is 28.2. The van der Waals surface area contributed by atoms with Gasteiger partial charge in [-0.1, -0.05) is 24.3 Å². The fourth-order valence-corrected chi connectivity index (χ4v) is 4.26. The van der Waals surface area contributed by atoms with Crippen LogP contribution >= 0.6 is 11.8 Å². The minimum absolute atomic E-state index is 0.110. The van der Waals surface area contributed by atoms with Gasteiger partial charge in [0.05, 0.1) is 13.7 Å². The number of hydrogen-bond acceptors (Lipinski definition) is 5. The summed E-state index contributed by atoms with van der Waals surface area (Å²) in [7, 11) is 1.40. The van der Waals surface area contributed by atoms with Gasteiger partial charge in [0.15, 0.2) is 0 Å². The van der Waals surface area contributed by atoms with Crippen LogP contribution in [0.1, 0.15) is 11.1 Å². The molecule has 1 amide bonds. The van der Waals surface area contributed by atoms with E-state index in [2.05, 4.69) is 23.1 Å². The van der Waals surface area contributed by atoms with E-state index >= 15 is 0 Å². The zero-order valence-electron chi connectivity index (χ0n) is 13.4.